The Morgan fingerprint density at radius 1 is 1.53 bits per heavy atom. The number of esters is 1. The fourth-order valence-corrected chi connectivity index (χ4v) is 1.80. The van der Waals surface area contributed by atoms with Crippen molar-refractivity contribution >= 4 is 17.6 Å². The van der Waals surface area contributed by atoms with Gasteiger partial charge in [-0.2, -0.15) is 5.10 Å². The molecule has 0 N–H and O–H groups in total. The lowest BCUT2D eigenvalue weighted by atomic mass is 10.2. The molecule has 0 bridgehead atoms. The zero-order chi connectivity index (χ0) is 13.8. The Kier molecular flexibility index (Phi) is 4.16. The van der Waals surface area contributed by atoms with Gasteiger partial charge in [0.25, 0.3) is 0 Å². The Morgan fingerprint density at radius 2 is 2.32 bits per heavy atom. The minimum atomic E-state index is -0.460. The van der Waals surface area contributed by atoms with Crippen molar-refractivity contribution in [1.82, 2.24) is 9.78 Å². The van der Waals surface area contributed by atoms with E-state index in [1.54, 1.807) is 23.9 Å². The van der Waals surface area contributed by atoms with Gasteiger partial charge in [-0.25, -0.2) is 9.18 Å². The van der Waals surface area contributed by atoms with E-state index in [0.717, 1.165) is 5.56 Å². The molecule has 0 aliphatic carbocycles. The van der Waals surface area contributed by atoms with Gasteiger partial charge < -0.3 is 4.74 Å². The molecule has 2 rings (SSSR count). The number of aromatic nitrogens is 2. The first-order chi connectivity index (χ1) is 9.10. The van der Waals surface area contributed by atoms with Crippen molar-refractivity contribution in [2.24, 2.45) is 0 Å². The topological polar surface area (TPSA) is 44.1 Å². The number of nitrogens with zero attached hydrogens (tertiary/aromatic N) is 2. The molecule has 0 saturated carbocycles. The first-order valence-corrected chi connectivity index (χ1v) is 6.11. The molecule has 0 unspecified atom stereocenters. The molecule has 0 aliphatic rings. The number of hydrogen-bond acceptors (Lipinski definition) is 3. The fraction of sp³-hybridized carbons (Fsp3) is 0.231. The van der Waals surface area contributed by atoms with Crippen LogP contribution in [0.2, 0.25) is 5.02 Å². The minimum Gasteiger partial charge on any atom is -0.462 e. The van der Waals surface area contributed by atoms with Gasteiger partial charge in [0.05, 0.1) is 29.9 Å². The van der Waals surface area contributed by atoms with Crippen molar-refractivity contribution in [2.45, 2.75) is 13.5 Å². The van der Waals surface area contributed by atoms with Crippen LogP contribution < -0.4 is 0 Å². The number of hydrogen-bond donors (Lipinski definition) is 0. The smallest absolute Gasteiger partial charge is 0.341 e. The van der Waals surface area contributed by atoms with Crippen LogP contribution in [0.5, 0.6) is 0 Å². The summed E-state index contributed by atoms with van der Waals surface area (Å²) in [7, 11) is 0. The van der Waals surface area contributed by atoms with Crippen LogP contribution in [0.4, 0.5) is 4.39 Å². The van der Waals surface area contributed by atoms with Gasteiger partial charge in [-0.1, -0.05) is 17.7 Å². The third-order valence-corrected chi connectivity index (χ3v) is 2.76. The minimum absolute atomic E-state index is 0.0651. The molecule has 0 spiro atoms. The second-order valence-corrected chi connectivity index (χ2v) is 4.30. The lowest BCUT2D eigenvalue weighted by molar-refractivity contribution is 0.0526. The molecule has 1 aromatic carbocycles. The van der Waals surface area contributed by atoms with Gasteiger partial charge in [-0.3, -0.25) is 4.68 Å². The summed E-state index contributed by atoms with van der Waals surface area (Å²) in [6, 6.07) is 4.45. The van der Waals surface area contributed by atoms with E-state index in [1.807, 2.05) is 0 Å². The Bertz CT molecular complexity index is 598. The standard InChI is InChI=1S/C13H12ClFN2O2/c1-2-19-13(18)10-6-16-17(8-10)7-9-3-4-12(15)11(14)5-9/h3-6,8H,2,7H2,1H3. The number of benzene rings is 1. The normalized spacial score (nSPS) is 10.5. The summed E-state index contributed by atoms with van der Waals surface area (Å²) in [4.78, 5) is 11.5. The number of ether oxygens (including phenoxy) is 1. The highest BCUT2D eigenvalue weighted by atomic mass is 35.5. The van der Waals surface area contributed by atoms with Gasteiger partial charge in [-0.05, 0) is 24.6 Å². The van der Waals surface area contributed by atoms with Crippen LogP contribution in [0.1, 0.15) is 22.8 Å². The van der Waals surface area contributed by atoms with Crippen molar-refractivity contribution in [3.8, 4) is 0 Å². The van der Waals surface area contributed by atoms with Crippen molar-refractivity contribution in [1.29, 1.82) is 0 Å². The van der Waals surface area contributed by atoms with Crippen LogP contribution in [-0.2, 0) is 11.3 Å². The highest BCUT2D eigenvalue weighted by molar-refractivity contribution is 6.30. The summed E-state index contributed by atoms with van der Waals surface area (Å²) >= 11 is 5.70. The molecule has 0 aliphatic heterocycles. The van der Waals surface area contributed by atoms with E-state index in [2.05, 4.69) is 5.10 Å². The molecule has 4 nitrogen and oxygen atoms in total. The zero-order valence-electron chi connectivity index (χ0n) is 10.3. The summed E-state index contributed by atoms with van der Waals surface area (Å²) < 4.78 is 19.4. The summed E-state index contributed by atoms with van der Waals surface area (Å²) in [5.41, 5.74) is 1.18. The number of halogens is 2. The molecule has 1 heterocycles. The SMILES string of the molecule is CCOC(=O)c1cnn(Cc2ccc(F)c(Cl)c2)c1. The Labute approximate surface area is 114 Å². The van der Waals surface area contributed by atoms with Gasteiger partial charge in [0.15, 0.2) is 0 Å². The maximum atomic E-state index is 13.0. The van der Waals surface area contributed by atoms with Gasteiger partial charge >= 0.3 is 5.97 Å². The van der Waals surface area contributed by atoms with Gasteiger partial charge in [0.1, 0.15) is 5.82 Å². The molecule has 0 saturated heterocycles. The fourth-order valence-electron chi connectivity index (χ4n) is 1.59. The predicted octanol–water partition coefficient (Wildman–Crippen LogP) is 2.90. The molecule has 19 heavy (non-hydrogen) atoms. The summed E-state index contributed by atoms with van der Waals surface area (Å²) in [6.07, 6.45) is 3.01. The van der Waals surface area contributed by atoms with Crippen LogP contribution in [0.15, 0.2) is 30.6 Å². The Hall–Kier alpha value is -1.88. The highest BCUT2D eigenvalue weighted by Crippen LogP contribution is 2.16. The Morgan fingerprint density at radius 3 is 3.00 bits per heavy atom. The van der Waals surface area contributed by atoms with Gasteiger partial charge in [0, 0.05) is 6.20 Å². The van der Waals surface area contributed by atoms with Crippen LogP contribution in [-0.4, -0.2) is 22.4 Å². The van der Waals surface area contributed by atoms with E-state index in [9.17, 15) is 9.18 Å². The van der Waals surface area contributed by atoms with Crippen molar-refractivity contribution < 1.29 is 13.9 Å². The van der Waals surface area contributed by atoms with E-state index in [0.29, 0.717) is 18.7 Å². The van der Waals surface area contributed by atoms with Crippen LogP contribution in [0.3, 0.4) is 0 Å². The second kappa shape index (κ2) is 5.84. The molecule has 0 amide bonds. The highest BCUT2D eigenvalue weighted by Gasteiger charge is 2.09. The lowest BCUT2D eigenvalue weighted by Crippen LogP contribution is -2.04. The van der Waals surface area contributed by atoms with E-state index in [-0.39, 0.29) is 5.02 Å². The molecular weight excluding hydrogens is 271 g/mol. The van der Waals surface area contributed by atoms with Crippen LogP contribution in [0, 0.1) is 5.82 Å². The van der Waals surface area contributed by atoms with E-state index >= 15 is 0 Å². The largest absolute Gasteiger partial charge is 0.462 e. The van der Waals surface area contributed by atoms with E-state index in [1.165, 1.54) is 18.3 Å². The maximum Gasteiger partial charge on any atom is 0.341 e. The molecule has 0 atom stereocenters. The molecule has 1 aromatic heterocycles. The zero-order valence-corrected chi connectivity index (χ0v) is 11.0. The maximum absolute atomic E-state index is 13.0. The first-order valence-electron chi connectivity index (χ1n) is 5.73. The van der Waals surface area contributed by atoms with E-state index in [4.69, 9.17) is 16.3 Å². The van der Waals surface area contributed by atoms with E-state index < -0.39 is 11.8 Å². The van der Waals surface area contributed by atoms with Gasteiger partial charge in [-0.15, -0.1) is 0 Å². The molecule has 2 aromatic rings. The van der Waals surface area contributed by atoms with Gasteiger partial charge in [0.2, 0.25) is 0 Å². The first kappa shape index (κ1) is 13.5. The quantitative estimate of drug-likeness (QED) is 0.810. The summed E-state index contributed by atoms with van der Waals surface area (Å²) in [5, 5.41) is 4.11. The Balaban J connectivity index is 2.11. The molecule has 0 radical (unpaired) electrons. The third-order valence-electron chi connectivity index (χ3n) is 2.47. The average Bonchev–Trinajstić information content (AvgIpc) is 2.83. The van der Waals surface area contributed by atoms with Crippen molar-refractivity contribution in [3.05, 3.63) is 52.6 Å². The molecular formula is C13H12ClFN2O2. The van der Waals surface area contributed by atoms with Crippen molar-refractivity contribution in [3.63, 3.8) is 0 Å². The predicted molar refractivity (Wildman–Crippen MR) is 68.7 cm³/mol. The summed E-state index contributed by atoms with van der Waals surface area (Å²) in [6.45, 7) is 2.46. The average molecular weight is 283 g/mol. The number of carbonyl (C=O) groups excluding carboxylic acids is 1. The van der Waals surface area contributed by atoms with Crippen LogP contribution >= 0.6 is 11.6 Å². The molecule has 6 heteroatoms. The van der Waals surface area contributed by atoms with Crippen molar-refractivity contribution in [2.75, 3.05) is 6.61 Å². The lowest BCUT2D eigenvalue weighted by Gasteiger charge is -2.03. The summed E-state index contributed by atoms with van der Waals surface area (Å²) in [5.74, 6) is -0.871. The van der Waals surface area contributed by atoms with Crippen LogP contribution in [0.25, 0.3) is 0 Å². The number of rotatable bonds is 4. The monoisotopic (exact) mass is 282 g/mol. The second-order valence-electron chi connectivity index (χ2n) is 3.90. The number of carbonyl (C=O) groups is 1. The third kappa shape index (κ3) is 3.32. The molecule has 0 fully saturated rings. The molecule has 100 valence electrons.